The molecule has 4 N–H and O–H groups in total. The average molecular weight is 293 g/mol. The normalized spacial score (nSPS) is 12.4. The molecule has 1 atom stereocenters. The summed E-state index contributed by atoms with van der Waals surface area (Å²) in [6.07, 6.45) is 1.78. The second-order valence-electron chi connectivity index (χ2n) is 5.50. The zero-order chi connectivity index (χ0) is 15.7. The second kappa shape index (κ2) is 9.50. The van der Waals surface area contributed by atoms with Gasteiger partial charge in [0.05, 0.1) is 6.10 Å². The van der Waals surface area contributed by atoms with Crippen LogP contribution < -0.4 is 11.1 Å². The van der Waals surface area contributed by atoms with Crippen LogP contribution in [0.5, 0.6) is 0 Å². The van der Waals surface area contributed by atoms with Gasteiger partial charge in [0, 0.05) is 25.2 Å². The van der Waals surface area contributed by atoms with Crippen LogP contribution >= 0.6 is 0 Å². The van der Waals surface area contributed by atoms with Crippen molar-refractivity contribution in [2.24, 2.45) is 5.73 Å². The van der Waals surface area contributed by atoms with Gasteiger partial charge < -0.3 is 21.1 Å². The highest BCUT2D eigenvalue weighted by atomic mass is 16.3. The molecule has 1 rings (SSSR count). The Hall–Kier alpha value is -1.43. The number of nitrogens with one attached hydrogen (secondary N) is 1. The number of nitrogens with zero attached hydrogens (tertiary/aromatic N) is 1. The van der Waals surface area contributed by atoms with E-state index in [-0.39, 0.29) is 12.0 Å². The maximum absolute atomic E-state index is 11.9. The van der Waals surface area contributed by atoms with Gasteiger partial charge in [-0.3, -0.25) is 4.79 Å². The number of hydrogen-bond donors (Lipinski definition) is 3. The summed E-state index contributed by atoms with van der Waals surface area (Å²) in [5, 5.41) is 12.1. The smallest absolute Gasteiger partial charge is 0.224 e. The predicted molar refractivity (Wildman–Crippen MR) is 86.0 cm³/mol. The number of carbonyl (C=O) groups is 1. The molecule has 0 saturated carbocycles. The molecule has 21 heavy (non-hydrogen) atoms. The fraction of sp³-hybridized carbons (Fsp3) is 0.562. The van der Waals surface area contributed by atoms with Crippen LogP contribution in [-0.4, -0.2) is 42.2 Å². The lowest BCUT2D eigenvalue weighted by atomic mass is 10.2. The molecule has 0 aliphatic heterocycles. The predicted octanol–water partition coefficient (Wildman–Crippen LogP) is 1.57. The summed E-state index contributed by atoms with van der Waals surface area (Å²) in [7, 11) is 2.00. The van der Waals surface area contributed by atoms with Crippen molar-refractivity contribution in [1.29, 1.82) is 0 Å². The Labute approximate surface area is 127 Å². The minimum absolute atomic E-state index is 0.0214. The Morgan fingerprint density at radius 2 is 2.19 bits per heavy atom. The van der Waals surface area contributed by atoms with Gasteiger partial charge in [0.25, 0.3) is 0 Å². The van der Waals surface area contributed by atoms with Gasteiger partial charge in [-0.05, 0) is 51.1 Å². The van der Waals surface area contributed by atoms with Crippen LogP contribution in [0.2, 0.25) is 0 Å². The van der Waals surface area contributed by atoms with Crippen LogP contribution in [0.4, 0.5) is 5.69 Å². The Balaban J connectivity index is 2.24. The van der Waals surface area contributed by atoms with Crippen molar-refractivity contribution in [3.63, 3.8) is 0 Å². The molecule has 0 aromatic heterocycles. The average Bonchev–Trinajstić information content (AvgIpc) is 2.45. The van der Waals surface area contributed by atoms with E-state index < -0.39 is 0 Å². The highest BCUT2D eigenvalue weighted by Crippen LogP contribution is 2.10. The third-order valence-corrected chi connectivity index (χ3v) is 3.32. The molecule has 0 saturated heterocycles. The van der Waals surface area contributed by atoms with E-state index in [2.05, 4.69) is 10.2 Å². The van der Waals surface area contributed by atoms with E-state index in [1.807, 2.05) is 31.3 Å². The Bertz CT molecular complexity index is 435. The molecule has 0 fully saturated rings. The molecule has 118 valence electrons. The van der Waals surface area contributed by atoms with Crippen LogP contribution in [0.1, 0.15) is 31.7 Å². The topological polar surface area (TPSA) is 78.6 Å². The molecule has 0 heterocycles. The first-order valence-corrected chi connectivity index (χ1v) is 7.46. The Kier molecular flexibility index (Phi) is 7.97. The summed E-state index contributed by atoms with van der Waals surface area (Å²) < 4.78 is 0. The van der Waals surface area contributed by atoms with Crippen LogP contribution in [0.3, 0.4) is 0 Å². The van der Waals surface area contributed by atoms with E-state index in [9.17, 15) is 9.90 Å². The molecule has 0 radical (unpaired) electrons. The second-order valence-corrected chi connectivity index (χ2v) is 5.50. The van der Waals surface area contributed by atoms with E-state index in [1.54, 1.807) is 6.92 Å². The minimum Gasteiger partial charge on any atom is -0.393 e. The lowest BCUT2D eigenvalue weighted by molar-refractivity contribution is -0.116. The summed E-state index contributed by atoms with van der Waals surface area (Å²) in [6.45, 7) is 3.95. The number of anilines is 1. The fourth-order valence-corrected chi connectivity index (χ4v) is 2.03. The third-order valence-electron chi connectivity index (χ3n) is 3.32. The van der Waals surface area contributed by atoms with Gasteiger partial charge >= 0.3 is 0 Å². The zero-order valence-corrected chi connectivity index (χ0v) is 13.0. The number of nitrogens with two attached hydrogens (primary N) is 1. The number of hydrogen-bond acceptors (Lipinski definition) is 4. The Morgan fingerprint density at radius 1 is 1.43 bits per heavy atom. The SMILES string of the molecule is CC(O)CCN(C)CCCC(=O)Nc1cccc(CN)c1. The minimum atomic E-state index is -0.273. The molecular formula is C16H27N3O2. The number of amides is 1. The largest absolute Gasteiger partial charge is 0.393 e. The third kappa shape index (κ3) is 7.80. The molecule has 0 bridgehead atoms. The first-order valence-electron chi connectivity index (χ1n) is 7.46. The zero-order valence-electron chi connectivity index (χ0n) is 13.0. The van der Waals surface area contributed by atoms with Crippen molar-refractivity contribution < 1.29 is 9.90 Å². The van der Waals surface area contributed by atoms with Gasteiger partial charge in [-0.15, -0.1) is 0 Å². The van der Waals surface area contributed by atoms with Crippen LogP contribution in [0.25, 0.3) is 0 Å². The Morgan fingerprint density at radius 3 is 2.86 bits per heavy atom. The number of carbonyl (C=O) groups excluding carboxylic acids is 1. The summed E-state index contributed by atoms with van der Waals surface area (Å²) in [6, 6.07) is 7.59. The van der Waals surface area contributed by atoms with Gasteiger partial charge in [-0.25, -0.2) is 0 Å². The van der Waals surface area contributed by atoms with Crippen molar-refractivity contribution >= 4 is 11.6 Å². The highest BCUT2D eigenvalue weighted by molar-refractivity contribution is 5.90. The quantitative estimate of drug-likeness (QED) is 0.646. The molecule has 1 unspecified atom stereocenters. The summed E-state index contributed by atoms with van der Waals surface area (Å²) >= 11 is 0. The summed E-state index contributed by atoms with van der Waals surface area (Å²) in [5.74, 6) is 0.0214. The van der Waals surface area contributed by atoms with Crippen LogP contribution in [-0.2, 0) is 11.3 Å². The lowest BCUT2D eigenvalue weighted by Crippen LogP contribution is -2.24. The molecule has 0 spiro atoms. The first kappa shape index (κ1) is 17.6. The van der Waals surface area contributed by atoms with E-state index in [0.29, 0.717) is 13.0 Å². The van der Waals surface area contributed by atoms with Gasteiger partial charge in [0.2, 0.25) is 5.91 Å². The standard InChI is InChI=1S/C16H27N3O2/c1-13(20)8-10-19(2)9-4-7-16(21)18-15-6-3-5-14(11-15)12-17/h3,5-6,11,13,20H,4,7-10,12,17H2,1-2H3,(H,18,21). The van der Waals surface area contributed by atoms with Crippen LogP contribution in [0.15, 0.2) is 24.3 Å². The van der Waals surface area contributed by atoms with E-state index in [0.717, 1.165) is 37.2 Å². The first-order chi connectivity index (χ1) is 10.0. The van der Waals surface area contributed by atoms with Gasteiger partial charge in [-0.1, -0.05) is 12.1 Å². The fourth-order valence-electron chi connectivity index (χ4n) is 2.03. The molecule has 5 nitrogen and oxygen atoms in total. The van der Waals surface area contributed by atoms with Crippen molar-refractivity contribution in [3.8, 4) is 0 Å². The monoisotopic (exact) mass is 293 g/mol. The molecular weight excluding hydrogens is 266 g/mol. The van der Waals surface area contributed by atoms with Gasteiger partial charge in [0.15, 0.2) is 0 Å². The maximum atomic E-state index is 11.9. The van der Waals surface area contributed by atoms with Crippen molar-refractivity contribution in [2.45, 2.75) is 38.8 Å². The van der Waals surface area contributed by atoms with Crippen molar-refractivity contribution in [3.05, 3.63) is 29.8 Å². The summed E-state index contributed by atoms with van der Waals surface area (Å²) in [5.41, 5.74) is 7.38. The van der Waals surface area contributed by atoms with E-state index >= 15 is 0 Å². The van der Waals surface area contributed by atoms with Crippen molar-refractivity contribution in [2.75, 3.05) is 25.5 Å². The summed E-state index contributed by atoms with van der Waals surface area (Å²) in [4.78, 5) is 14.0. The molecule has 0 aliphatic carbocycles. The van der Waals surface area contributed by atoms with E-state index in [1.165, 1.54) is 0 Å². The number of rotatable bonds is 9. The number of aliphatic hydroxyl groups excluding tert-OH is 1. The van der Waals surface area contributed by atoms with Gasteiger partial charge in [0.1, 0.15) is 0 Å². The number of benzene rings is 1. The van der Waals surface area contributed by atoms with E-state index in [4.69, 9.17) is 5.73 Å². The lowest BCUT2D eigenvalue weighted by Gasteiger charge is -2.17. The molecule has 5 heteroatoms. The molecule has 0 aliphatic rings. The van der Waals surface area contributed by atoms with Crippen molar-refractivity contribution in [1.82, 2.24) is 4.90 Å². The maximum Gasteiger partial charge on any atom is 0.224 e. The highest BCUT2D eigenvalue weighted by Gasteiger charge is 2.05. The molecule has 1 aromatic carbocycles. The molecule has 1 aromatic rings. The molecule has 1 amide bonds. The number of aliphatic hydroxyl groups is 1. The van der Waals surface area contributed by atoms with Gasteiger partial charge in [-0.2, -0.15) is 0 Å². The van der Waals surface area contributed by atoms with Crippen LogP contribution in [0, 0.1) is 0 Å².